The number of halogens is 1. The van der Waals surface area contributed by atoms with Crippen LogP contribution in [0.3, 0.4) is 0 Å². The van der Waals surface area contributed by atoms with Gasteiger partial charge in [0, 0.05) is 5.02 Å². The minimum absolute atomic E-state index is 0.158. The zero-order valence-corrected chi connectivity index (χ0v) is 15.2. The van der Waals surface area contributed by atoms with Crippen LogP contribution in [0.25, 0.3) is 0 Å². The quantitative estimate of drug-likeness (QED) is 0.816. The molecule has 0 saturated heterocycles. The molecule has 1 N–H and O–H groups in total. The summed E-state index contributed by atoms with van der Waals surface area (Å²) in [6.45, 7) is 1.80. The number of carbonyl (C=O) groups excluding carboxylic acids is 2. The first-order valence-corrected chi connectivity index (χ1v) is 8.83. The molecule has 0 radical (unpaired) electrons. The molecule has 0 bridgehead atoms. The Morgan fingerprint density at radius 2 is 2.04 bits per heavy atom. The summed E-state index contributed by atoms with van der Waals surface area (Å²) in [6.07, 6.45) is 0.483. The van der Waals surface area contributed by atoms with Crippen molar-refractivity contribution >= 4 is 23.5 Å². The molecule has 26 heavy (non-hydrogen) atoms. The lowest BCUT2D eigenvalue weighted by Gasteiger charge is -2.24. The predicted molar refractivity (Wildman–Crippen MR) is 98.1 cm³/mol. The first-order valence-electron chi connectivity index (χ1n) is 8.45. The maximum Gasteiger partial charge on any atom is 0.313 e. The highest BCUT2D eigenvalue weighted by Crippen LogP contribution is 2.30. The Morgan fingerprint density at radius 3 is 2.81 bits per heavy atom. The van der Waals surface area contributed by atoms with Gasteiger partial charge in [-0.25, -0.2) is 0 Å². The van der Waals surface area contributed by atoms with Crippen molar-refractivity contribution in [2.45, 2.75) is 19.4 Å². The maximum atomic E-state index is 12.2. The summed E-state index contributed by atoms with van der Waals surface area (Å²) in [5.41, 5.74) is 1.86. The second-order valence-electron chi connectivity index (χ2n) is 6.27. The molecule has 0 spiro atoms. The van der Waals surface area contributed by atoms with Gasteiger partial charge in [0.15, 0.2) is 6.61 Å². The molecule has 136 valence electrons. The van der Waals surface area contributed by atoms with Gasteiger partial charge < -0.3 is 14.8 Å². The molecule has 2 atom stereocenters. The molecule has 0 saturated carbocycles. The molecule has 1 heterocycles. The van der Waals surface area contributed by atoms with E-state index in [-0.39, 0.29) is 25.2 Å². The van der Waals surface area contributed by atoms with Gasteiger partial charge in [-0.1, -0.05) is 41.9 Å². The van der Waals surface area contributed by atoms with Crippen LogP contribution in [0.4, 0.5) is 0 Å². The number of carbonyl (C=O) groups is 2. The van der Waals surface area contributed by atoms with E-state index < -0.39 is 11.9 Å². The molecule has 3 rings (SSSR count). The van der Waals surface area contributed by atoms with Gasteiger partial charge in [-0.15, -0.1) is 0 Å². The minimum atomic E-state index is -0.446. The van der Waals surface area contributed by atoms with Gasteiger partial charge in [-0.2, -0.15) is 0 Å². The number of fused-ring (bicyclic) bond motifs is 1. The number of hydrogen-bond donors (Lipinski definition) is 1. The first-order chi connectivity index (χ1) is 12.5. The molecule has 6 heteroatoms. The van der Waals surface area contributed by atoms with E-state index in [0.717, 1.165) is 16.9 Å². The van der Waals surface area contributed by atoms with Crippen LogP contribution in [-0.2, 0) is 20.7 Å². The van der Waals surface area contributed by atoms with E-state index in [4.69, 9.17) is 21.1 Å². The highest BCUT2D eigenvalue weighted by Gasteiger charge is 2.28. The van der Waals surface area contributed by atoms with E-state index in [1.165, 1.54) is 0 Å². The highest BCUT2D eigenvalue weighted by atomic mass is 35.5. The van der Waals surface area contributed by atoms with E-state index >= 15 is 0 Å². The highest BCUT2D eigenvalue weighted by molar-refractivity contribution is 6.30. The molecule has 2 aromatic rings. The molecule has 5 nitrogen and oxygen atoms in total. The number of nitrogens with one attached hydrogen (secondary N) is 1. The Kier molecular flexibility index (Phi) is 5.78. The molecule has 0 aliphatic carbocycles. The smallest absolute Gasteiger partial charge is 0.313 e. The number of hydrogen-bond acceptors (Lipinski definition) is 4. The maximum absolute atomic E-state index is 12.2. The largest absolute Gasteiger partial charge is 0.492 e. The Labute approximate surface area is 157 Å². The fraction of sp³-hybridized carbons (Fsp3) is 0.300. The van der Waals surface area contributed by atoms with Gasteiger partial charge in [0.2, 0.25) is 0 Å². The number of ether oxygens (including phenoxy) is 2. The van der Waals surface area contributed by atoms with Crippen molar-refractivity contribution in [2.24, 2.45) is 5.92 Å². The Bertz CT molecular complexity index is 794. The second kappa shape index (κ2) is 8.23. The average molecular weight is 374 g/mol. The van der Waals surface area contributed by atoms with Crippen LogP contribution >= 0.6 is 11.6 Å². The fourth-order valence-corrected chi connectivity index (χ4v) is 3.07. The van der Waals surface area contributed by atoms with E-state index in [1.54, 1.807) is 18.2 Å². The average Bonchev–Trinajstić information content (AvgIpc) is 2.66. The van der Waals surface area contributed by atoms with Gasteiger partial charge >= 0.3 is 5.97 Å². The summed E-state index contributed by atoms with van der Waals surface area (Å²) < 4.78 is 10.7. The SMILES string of the molecule is C[C@@H](NC(=O)COC(=O)[C@H]1COc2ccc(Cl)cc2C1)c1ccccc1. The van der Waals surface area contributed by atoms with E-state index in [9.17, 15) is 9.59 Å². The Morgan fingerprint density at radius 1 is 1.27 bits per heavy atom. The summed E-state index contributed by atoms with van der Waals surface area (Å²) in [4.78, 5) is 24.3. The van der Waals surface area contributed by atoms with E-state index in [0.29, 0.717) is 11.4 Å². The van der Waals surface area contributed by atoms with Gasteiger partial charge in [-0.3, -0.25) is 9.59 Å². The van der Waals surface area contributed by atoms with Crippen LogP contribution in [-0.4, -0.2) is 25.1 Å². The van der Waals surface area contributed by atoms with Crippen molar-refractivity contribution < 1.29 is 19.1 Å². The zero-order chi connectivity index (χ0) is 18.5. The van der Waals surface area contributed by atoms with Gasteiger partial charge in [-0.05, 0) is 42.7 Å². The van der Waals surface area contributed by atoms with Crippen LogP contribution in [0.1, 0.15) is 24.1 Å². The van der Waals surface area contributed by atoms with Gasteiger partial charge in [0.1, 0.15) is 12.4 Å². The van der Waals surface area contributed by atoms with Crippen LogP contribution in [0.2, 0.25) is 5.02 Å². The third-order valence-corrected chi connectivity index (χ3v) is 4.52. The normalized spacial score (nSPS) is 16.8. The van der Waals surface area contributed by atoms with Crippen LogP contribution in [0, 0.1) is 5.92 Å². The second-order valence-corrected chi connectivity index (χ2v) is 6.71. The van der Waals surface area contributed by atoms with Crippen molar-refractivity contribution in [3.05, 3.63) is 64.7 Å². The topological polar surface area (TPSA) is 64.6 Å². The molecule has 1 aliphatic heterocycles. The molecular weight excluding hydrogens is 354 g/mol. The lowest BCUT2D eigenvalue weighted by atomic mass is 9.97. The molecule has 2 aromatic carbocycles. The Hall–Kier alpha value is -2.53. The Balaban J connectivity index is 1.49. The predicted octanol–water partition coefficient (Wildman–Crippen LogP) is 3.31. The van der Waals surface area contributed by atoms with Crippen molar-refractivity contribution in [3.63, 3.8) is 0 Å². The van der Waals surface area contributed by atoms with Crippen molar-refractivity contribution in [1.82, 2.24) is 5.32 Å². The molecule has 0 fully saturated rings. The number of amides is 1. The van der Waals surface area contributed by atoms with Crippen LogP contribution in [0.15, 0.2) is 48.5 Å². The summed E-state index contributed by atoms with van der Waals surface area (Å²) in [6, 6.07) is 14.7. The summed E-state index contributed by atoms with van der Waals surface area (Å²) in [7, 11) is 0. The van der Waals surface area contributed by atoms with E-state index in [2.05, 4.69) is 5.32 Å². The standard InChI is InChI=1S/C20H20ClNO4/c1-13(14-5-3-2-4-6-14)22-19(23)12-26-20(24)16-9-15-10-17(21)7-8-18(15)25-11-16/h2-8,10,13,16H,9,11-12H2,1H3,(H,22,23)/t13-,16-/m1/s1. The van der Waals surface area contributed by atoms with Crippen LogP contribution in [0.5, 0.6) is 5.75 Å². The summed E-state index contributed by atoms with van der Waals surface area (Å²) in [5, 5.41) is 3.41. The summed E-state index contributed by atoms with van der Waals surface area (Å²) in [5.74, 6) is -0.499. The molecule has 0 unspecified atom stereocenters. The van der Waals surface area contributed by atoms with E-state index in [1.807, 2.05) is 37.3 Å². The van der Waals surface area contributed by atoms with Crippen molar-refractivity contribution in [1.29, 1.82) is 0 Å². The van der Waals surface area contributed by atoms with Gasteiger partial charge in [0.05, 0.1) is 12.0 Å². The third kappa shape index (κ3) is 4.55. The number of rotatable bonds is 5. The minimum Gasteiger partial charge on any atom is -0.492 e. The lowest BCUT2D eigenvalue weighted by Crippen LogP contribution is -2.34. The fourth-order valence-electron chi connectivity index (χ4n) is 2.88. The zero-order valence-electron chi connectivity index (χ0n) is 14.4. The molecule has 1 amide bonds. The molecular formula is C20H20ClNO4. The van der Waals surface area contributed by atoms with Crippen LogP contribution < -0.4 is 10.1 Å². The molecule has 1 aliphatic rings. The van der Waals surface area contributed by atoms with Gasteiger partial charge in [0.25, 0.3) is 5.91 Å². The number of benzene rings is 2. The first kappa shape index (κ1) is 18.3. The third-order valence-electron chi connectivity index (χ3n) is 4.28. The molecule has 0 aromatic heterocycles. The summed E-state index contributed by atoms with van der Waals surface area (Å²) >= 11 is 5.98. The number of esters is 1. The van der Waals surface area contributed by atoms with Crippen molar-refractivity contribution in [2.75, 3.05) is 13.2 Å². The monoisotopic (exact) mass is 373 g/mol. The lowest BCUT2D eigenvalue weighted by molar-refractivity contribution is -0.154. The van der Waals surface area contributed by atoms with Crippen molar-refractivity contribution in [3.8, 4) is 5.75 Å².